The molecule has 0 N–H and O–H groups in total. The SMILES string of the molecule is CO[Si](C)(OC)OC(N(c1ccccc1)C(C)(C)C)[SiH](C)C. The monoisotopic (exact) mass is 341 g/mol. The fraction of sp³-hybridized carbons (Fsp3) is 0.625. The Bertz CT molecular complexity index is 444. The number of hydrogen-bond acceptors (Lipinski definition) is 4. The van der Waals surface area contributed by atoms with Gasteiger partial charge < -0.3 is 18.2 Å². The summed E-state index contributed by atoms with van der Waals surface area (Å²) in [5, 5.41) is 0. The van der Waals surface area contributed by atoms with Crippen molar-refractivity contribution < 1.29 is 13.3 Å². The molecule has 0 aliphatic rings. The summed E-state index contributed by atoms with van der Waals surface area (Å²) in [5.74, 6) is 0.0129. The van der Waals surface area contributed by atoms with Crippen molar-refractivity contribution in [2.24, 2.45) is 0 Å². The normalized spacial score (nSPS) is 14.2. The van der Waals surface area contributed by atoms with E-state index in [1.807, 2.05) is 12.6 Å². The van der Waals surface area contributed by atoms with Gasteiger partial charge in [-0.25, -0.2) is 0 Å². The van der Waals surface area contributed by atoms with Crippen LogP contribution < -0.4 is 4.90 Å². The molecule has 1 rings (SSSR count). The van der Waals surface area contributed by atoms with Crippen LogP contribution >= 0.6 is 0 Å². The molecule has 126 valence electrons. The van der Waals surface area contributed by atoms with Gasteiger partial charge in [0, 0.05) is 32.0 Å². The van der Waals surface area contributed by atoms with E-state index in [4.69, 9.17) is 13.3 Å². The van der Waals surface area contributed by atoms with Crippen LogP contribution in [0.2, 0.25) is 19.6 Å². The first-order valence-electron chi connectivity index (χ1n) is 7.77. The molecule has 0 aliphatic carbocycles. The molecule has 1 aromatic carbocycles. The van der Waals surface area contributed by atoms with E-state index in [1.165, 1.54) is 5.69 Å². The molecule has 0 fully saturated rings. The highest BCUT2D eigenvalue weighted by atomic mass is 28.4. The molecule has 0 spiro atoms. The van der Waals surface area contributed by atoms with Gasteiger partial charge in [-0.15, -0.1) is 0 Å². The van der Waals surface area contributed by atoms with Crippen molar-refractivity contribution in [1.82, 2.24) is 0 Å². The Morgan fingerprint density at radius 1 is 1.05 bits per heavy atom. The molecule has 4 nitrogen and oxygen atoms in total. The minimum Gasteiger partial charge on any atom is -0.377 e. The summed E-state index contributed by atoms with van der Waals surface area (Å²) < 4.78 is 17.5. The van der Waals surface area contributed by atoms with Crippen molar-refractivity contribution in [3.05, 3.63) is 30.3 Å². The molecule has 0 amide bonds. The van der Waals surface area contributed by atoms with Gasteiger partial charge in [-0.3, -0.25) is 0 Å². The topological polar surface area (TPSA) is 30.9 Å². The summed E-state index contributed by atoms with van der Waals surface area (Å²) in [6.45, 7) is 13.2. The lowest BCUT2D eigenvalue weighted by molar-refractivity contribution is 0.0816. The maximum absolute atomic E-state index is 6.42. The third-order valence-electron chi connectivity index (χ3n) is 3.66. The van der Waals surface area contributed by atoms with Crippen molar-refractivity contribution in [2.75, 3.05) is 19.1 Å². The second-order valence-corrected chi connectivity index (χ2v) is 12.7. The van der Waals surface area contributed by atoms with E-state index in [2.05, 4.69) is 63.0 Å². The number of para-hydroxylation sites is 1. The summed E-state index contributed by atoms with van der Waals surface area (Å²) in [6, 6.07) is 10.4. The summed E-state index contributed by atoms with van der Waals surface area (Å²) in [6.07, 6.45) is 0. The van der Waals surface area contributed by atoms with E-state index in [9.17, 15) is 0 Å². The molecular formula is C16H31NO3Si2. The highest BCUT2D eigenvalue weighted by Gasteiger charge is 2.41. The van der Waals surface area contributed by atoms with Gasteiger partial charge in [-0.1, -0.05) is 31.3 Å². The highest BCUT2D eigenvalue weighted by molar-refractivity contribution is 6.63. The Kier molecular flexibility index (Phi) is 6.82. The van der Waals surface area contributed by atoms with E-state index in [-0.39, 0.29) is 11.4 Å². The Morgan fingerprint density at radius 2 is 1.55 bits per heavy atom. The number of nitrogens with zero attached hydrogens (tertiary/aromatic N) is 1. The zero-order valence-corrected chi connectivity index (χ0v) is 17.4. The van der Waals surface area contributed by atoms with Crippen LogP contribution in [-0.4, -0.2) is 43.2 Å². The van der Waals surface area contributed by atoms with Crippen LogP contribution in [0.1, 0.15) is 20.8 Å². The second-order valence-electron chi connectivity index (χ2n) is 6.90. The van der Waals surface area contributed by atoms with Gasteiger partial charge in [-0.2, -0.15) is 0 Å². The lowest BCUT2D eigenvalue weighted by Gasteiger charge is -2.46. The smallest absolute Gasteiger partial charge is 0.377 e. The van der Waals surface area contributed by atoms with Crippen molar-refractivity contribution in [2.45, 2.75) is 51.8 Å². The summed E-state index contributed by atoms with van der Waals surface area (Å²) in [4.78, 5) is 2.37. The Labute approximate surface area is 138 Å². The van der Waals surface area contributed by atoms with E-state index >= 15 is 0 Å². The van der Waals surface area contributed by atoms with Crippen LogP contribution in [0.4, 0.5) is 5.69 Å². The summed E-state index contributed by atoms with van der Waals surface area (Å²) in [5.41, 5.74) is 1.12. The van der Waals surface area contributed by atoms with Gasteiger partial charge >= 0.3 is 8.80 Å². The average molecular weight is 342 g/mol. The van der Waals surface area contributed by atoms with Crippen molar-refractivity contribution >= 4 is 23.3 Å². The molecule has 6 heteroatoms. The molecule has 0 bridgehead atoms. The van der Waals surface area contributed by atoms with E-state index in [1.54, 1.807) is 14.2 Å². The van der Waals surface area contributed by atoms with E-state index in [0.29, 0.717) is 0 Å². The van der Waals surface area contributed by atoms with Gasteiger partial charge in [0.05, 0.1) is 8.80 Å². The number of rotatable bonds is 7. The zero-order valence-electron chi connectivity index (χ0n) is 15.2. The average Bonchev–Trinajstić information content (AvgIpc) is 2.46. The quantitative estimate of drug-likeness (QED) is 0.561. The minimum absolute atomic E-state index is 0.0129. The standard InChI is InChI=1S/C16H31NO3Si2/c1-16(2,3)17(14-12-10-9-11-13-14)15(21(6)7)20-22(8,18-4)19-5/h9-13,15,21H,1-8H3. The summed E-state index contributed by atoms with van der Waals surface area (Å²) >= 11 is 0. The third-order valence-corrected chi connectivity index (χ3v) is 7.66. The fourth-order valence-corrected chi connectivity index (χ4v) is 6.34. The fourth-order valence-electron chi connectivity index (χ4n) is 2.39. The van der Waals surface area contributed by atoms with Gasteiger partial charge in [0.1, 0.15) is 5.85 Å². The predicted octanol–water partition coefficient (Wildman–Crippen LogP) is 3.52. The van der Waals surface area contributed by atoms with Crippen molar-refractivity contribution in [1.29, 1.82) is 0 Å². The zero-order chi connectivity index (χ0) is 17.0. The Hall–Kier alpha value is -0.666. The van der Waals surface area contributed by atoms with Crippen LogP contribution in [0, 0.1) is 0 Å². The Morgan fingerprint density at radius 3 is 1.91 bits per heavy atom. The minimum atomic E-state index is -2.60. The van der Waals surface area contributed by atoms with E-state index in [0.717, 1.165) is 0 Å². The first kappa shape index (κ1) is 19.4. The van der Waals surface area contributed by atoms with Crippen molar-refractivity contribution in [3.63, 3.8) is 0 Å². The molecule has 1 atom stereocenters. The first-order chi connectivity index (χ1) is 10.1. The Balaban J connectivity index is 3.23. The lowest BCUT2D eigenvalue weighted by Crippen LogP contribution is -2.59. The second kappa shape index (κ2) is 7.74. The molecule has 0 aromatic heterocycles. The van der Waals surface area contributed by atoms with Crippen LogP contribution in [0.3, 0.4) is 0 Å². The summed E-state index contributed by atoms with van der Waals surface area (Å²) in [7, 11) is -0.436. The highest BCUT2D eigenvalue weighted by Crippen LogP contribution is 2.29. The van der Waals surface area contributed by atoms with Gasteiger partial charge in [0.15, 0.2) is 0 Å². The molecule has 22 heavy (non-hydrogen) atoms. The number of anilines is 1. The van der Waals surface area contributed by atoms with Gasteiger partial charge in [0.25, 0.3) is 0 Å². The molecule has 1 unspecified atom stereocenters. The molecular weight excluding hydrogens is 310 g/mol. The van der Waals surface area contributed by atoms with Gasteiger partial charge in [-0.05, 0) is 32.9 Å². The molecule has 1 aromatic rings. The van der Waals surface area contributed by atoms with Crippen LogP contribution in [-0.2, 0) is 13.3 Å². The van der Waals surface area contributed by atoms with Crippen molar-refractivity contribution in [3.8, 4) is 0 Å². The molecule has 0 saturated heterocycles. The number of hydrogen-bond donors (Lipinski definition) is 0. The van der Waals surface area contributed by atoms with Crippen LogP contribution in [0.25, 0.3) is 0 Å². The molecule has 0 heterocycles. The lowest BCUT2D eigenvalue weighted by atomic mass is 10.1. The first-order valence-corrected chi connectivity index (χ1v) is 13.0. The van der Waals surface area contributed by atoms with Crippen LogP contribution in [0.5, 0.6) is 0 Å². The van der Waals surface area contributed by atoms with Crippen LogP contribution in [0.15, 0.2) is 30.3 Å². The van der Waals surface area contributed by atoms with E-state index < -0.39 is 17.6 Å². The maximum atomic E-state index is 6.42. The maximum Gasteiger partial charge on any atom is 0.498 e. The molecule has 0 aliphatic heterocycles. The molecule has 0 radical (unpaired) electrons. The third kappa shape index (κ3) is 4.92. The van der Waals surface area contributed by atoms with Gasteiger partial charge in [0.2, 0.25) is 0 Å². The number of benzene rings is 1. The largest absolute Gasteiger partial charge is 0.498 e. The predicted molar refractivity (Wildman–Crippen MR) is 98.1 cm³/mol. The molecule has 0 saturated carbocycles.